The third-order valence-electron chi connectivity index (χ3n) is 5.92. The van der Waals surface area contributed by atoms with Gasteiger partial charge in [0.15, 0.2) is 6.10 Å². The Balaban J connectivity index is 2.22. The molecule has 0 spiro atoms. The van der Waals surface area contributed by atoms with E-state index in [-0.39, 0.29) is 6.42 Å². The molecule has 3 rings (SSSR count). The first-order chi connectivity index (χ1) is 16.0. The summed E-state index contributed by atoms with van der Waals surface area (Å²) in [7, 11) is 0. The lowest BCUT2D eigenvalue weighted by Crippen LogP contribution is -2.59. The average Bonchev–Trinajstić information content (AvgIpc) is 2.71. The van der Waals surface area contributed by atoms with Gasteiger partial charge in [0.05, 0.1) is 0 Å². The van der Waals surface area contributed by atoms with Crippen molar-refractivity contribution >= 4 is 29.8 Å². The van der Waals surface area contributed by atoms with E-state index in [2.05, 4.69) is 0 Å². The summed E-state index contributed by atoms with van der Waals surface area (Å²) in [5, 5.41) is 0. The Hall–Kier alpha value is -3.43. The molecule has 0 amide bonds. The molecule has 1 fully saturated rings. The predicted molar refractivity (Wildman–Crippen MR) is 114 cm³/mol. The largest absolute Gasteiger partial charge is 0.458 e. The lowest BCUT2D eigenvalue weighted by atomic mass is 9.62. The number of hydrogen-bond donors (Lipinski definition) is 0. The molecule has 184 valence electrons. The van der Waals surface area contributed by atoms with E-state index in [0.717, 1.165) is 0 Å². The summed E-state index contributed by atoms with van der Waals surface area (Å²) < 4.78 is 28.0. The van der Waals surface area contributed by atoms with Gasteiger partial charge >= 0.3 is 29.8 Å². The molecular formula is C24H28O10. The summed E-state index contributed by atoms with van der Waals surface area (Å²) in [6.45, 7) is 6.11. The Morgan fingerprint density at radius 1 is 0.618 bits per heavy atom. The van der Waals surface area contributed by atoms with Gasteiger partial charge in [-0.05, 0) is 17.5 Å². The van der Waals surface area contributed by atoms with Gasteiger partial charge in [-0.15, -0.1) is 0 Å². The smallest absolute Gasteiger partial charge is 0.303 e. The van der Waals surface area contributed by atoms with E-state index >= 15 is 0 Å². The fourth-order valence-corrected chi connectivity index (χ4v) is 5.07. The van der Waals surface area contributed by atoms with Crippen molar-refractivity contribution < 1.29 is 47.7 Å². The van der Waals surface area contributed by atoms with Crippen LogP contribution in [0, 0.1) is 11.8 Å². The number of carbonyl (C=O) groups excluding carboxylic acids is 5. The number of rotatable bonds is 5. The number of benzene rings is 1. The second-order valence-electron chi connectivity index (χ2n) is 8.46. The summed E-state index contributed by atoms with van der Waals surface area (Å²) in [6.07, 6.45) is -4.91. The molecule has 10 nitrogen and oxygen atoms in total. The monoisotopic (exact) mass is 476 g/mol. The normalized spacial score (nSPS) is 29.5. The maximum Gasteiger partial charge on any atom is 0.303 e. The van der Waals surface area contributed by atoms with Gasteiger partial charge in [0.1, 0.15) is 24.4 Å². The molecule has 1 aromatic carbocycles. The molecule has 0 aromatic heterocycles. The van der Waals surface area contributed by atoms with Gasteiger partial charge in [0, 0.05) is 46.5 Å². The minimum Gasteiger partial charge on any atom is -0.458 e. The van der Waals surface area contributed by atoms with Gasteiger partial charge < -0.3 is 23.7 Å². The van der Waals surface area contributed by atoms with Crippen LogP contribution in [0.2, 0.25) is 0 Å². The maximum atomic E-state index is 12.1. The molecule has 0 N–H and O–H groups in total. The maximum absolute atomic E-state index is 12.1. The van der Waals surface area contributed by atoms with E-state index in [1.54, 1.807) is 24.3 Å². The molecule has 2 aliphatic carbocycles. The van der Waals surface area contributed by atoms with Crippen LogP contribution in [-0.4, -0.2) is 48.2 Å². The second-order valence-corrected chi connectivity index (χ2v) is 8.46. The zero-order valence-electron chi connectivity index (χ0n) is 19.6. The highest BCUT2D eigenvalue weighted by Crippen LogP contribution is 2.55. The number of carbonyl (C=O) groups is 5. The second kappa shape index (κ2) is 10.2. The van der Waals surface area contributed by atoms with Crippen LogP contribution in [0.15, 0.2) is 24.3 Å². The van der Waals surface area contributed by atoms with Crippen molar-refractivity contribution in [1.29, 1.82) is 0 Å². The quantitative estimate of drug-likeness (QED) is 0.461. The van der Waals surface area contributed by atoms with E-state index in [1.807, 2.05) is 0 Å². The SMILES string of the molecule is CC(=O)O[C@H]1[C@H](OC(C)=O)[C@H](OC(C)=O)C[C@@H]2[C@H]1[C@H](OC(C)=O)c1ccccc1[C@@H]2OC(C)=O. The molecule has 0 saturated heterocycles. The van der Waals surface area contributed by atoms with Crippen molar-refractivity contribution in [1.82, 2.24) is 0 Å². The Morgan fingerprint density at radius 3 is 1.56 bits per heavy atom. The minimum absolute atomic E-state index is 0.101. The van der Waals surface area contributed by atoms with E-state index in [1.165, 1.54) is 34.6 Å². The van der Waals surface area contributed by atoms with Crippen LogP contribution < -0.4 is 0 Å². The first kappa shape index (κ1) is 25.2. The lowest BCUT2D eigenvalue weighted by molar-refractivity contribution is -0.226. The van der Waals surface area contributed by atoms with Gasteiger partial charge in [-0.2, -0.15) is 0 Å². The standard InChI is InChI=1S/C24H28O10/c1-11(25)30-19-10-18-20(24(34-15(5)29)23(19)33-14(4)28)22(32-13(3)27)17-9-7-6-8-16(17)21(18)31-12(2)26/h6-9,18-24H,10H2,1-5H3/t18-,19-,20+,21+,22-,23-,24-/m1/s1. The van der Waals surface area contributed by atoms with Crippen LogP contribution in [0.3, 0.4) is 0 Å². The summed E-state index contributed by atoms with van der Waals surface area (Å²) in [6, 6.07) is 7.00. The van der Waals surface area contributed by atoms with Crippen molar-refractivity contribution in [3.63, 3.8) is 0 Å². The van der Waals surface area contributed by atoms with Crippen molar-refractivity contribution in [3.8, 4) is 0 Å². The zero-order chi connectivity index (χ0) is 25.2. The number of ether oxygens (including phenoxy) is 5. The van der Waals surface area contributed by atoms with E-state index in [0.29, 0.717) is 11.1 Å². The third kappa shape index (κ3) is 5.37. The zero-order valence-corrected chi connectivity index (χ0v) is 19.6. The molecule has 2 aliphatic rings. The number of hydrogen-bond acceptors (Lipinski definition) is 10. The minimum atomic E-state index is -1.16. The van der Waals surface area contributed by atoms with Crippen LogP contribution >= 0.6 is 0 Å². The highest BCUT2D eigenvalue weighted by Gasteiger charge is 2.59. The van der Waals surface area contributed by atoms with E-state index in [9.17, 15) is 24.0 Å². The van der Waals surface area contributed by atoms with Crippen molar-refractivity contribution in [3.05, 3.63) is 35.4 Å². The fourth-order valence-electron chi connectivity index (χ4n) is 5.07. The van der Waals surface area contributed by atoms with E-state index in [4.69, 9.17) is 23.7 Å². The third-order valence-corrected chi connectivity index (χ3v) is 5.92. The topological polar surface area (TPSA) is 132 Å². The van der Waals surface area contributed by atoms with Crippen molar-refractivity contribution in [2.75, 3.05) is 0 Å². The van der Waals surface area contributed by atoms with Crippen molar-refractivity contribution in [2.24, 2.45) is 11.8 Å². The Bertz CT molecular complexity index is 986. The lowest BCUT2D eigenvalue weighted by Gasteiger charge is -2.51. The van der Waals surface area contributed by atoms with Gasteiger partial charge in [-0.25, -0.2) is 0 Å². The fraction of sp³-hybridized carbons (Fsp3) is 0.542. The van der Waals surface area contributed by atoms with Crippen LogP contribution in [0.25, 0.3) is 0 Å². The van der Waals surface area contributed by atoms with Crippen molar-refractivity contribution in [2.45, 2.75) is 71.6 Å². The molecular weight excluding hydrogens is 448 g/mol. The number of esters is 5. The molecule has 0 unspecified atom stereocenters. The first-order valence-corrected chi connectivity index (χ1v) is 10.9. The molecule has 0 heterocycles. The van der Waals surface area contributed by atoms with Gasteiger partial charge in [-0.1, -0.05) is 24.3 Å². The molecule has 1 aromatic rings. The number of fused-ring (bicyclic) bond motifs is 2. The molecule has 0 bridgehead atoms. The Kier molecular flexibility index (Phi) is 7.58. The molecule has 10 heteroatoms. The molecule has 1 saturated carbocycles. The molecule has 34 heavy (non-hydrogen) atoms. The first-order valence-electron chi connectivity index (χ1n) is 10.9. The van der Waals surface area contributed by atoms with Crippen LogP contribution in [0.5, 0.6) is 0 Å². The van der Waals surface area contributed by atoms with Gasteiger partial charge in [-0.3, -0.25) is 24.0 Å². The summed E-state index contributed by atoms with van der Waals surface area (Å²) in [4.78, 5) is 60.1. The van der Waals surface area contributed by atoms with Crippen LogP contribution in [0.1, 0.15) is 64.4 Å². The average molecular weight is 476 g/mol. The highest BCUT2D eigenvalue weighted by molar-refractivity contribution is 5.69. The summed E-state index contributed by atoms with van der Waals surface area (Å²) in [5.74, 6) is -4.44. The summed E-state index contributed by atoms with van der Waals surface area (Å²) >= 11 is 0. The molecule has 0 radical (unpaired) electrons. The van der Waals surface area contributed by atoms with Gasteiger partial charge in [0.2, 0.25) is 0 Å². The van der Waals surface area contributed by atoms with Crippen LogP contribution in [-0.2, 0) is 47.7 Å². The predicted octanol–water partition coefficient (Wildman–Crippen LogP) is 2.34. The Morgan fingerprint density at radius 2 is 1.06 bits per heavy atom. The molecule has 7 atom stereocenters. The highest BCUT2D eigenvalue weighted by atomic mass is 16.6. The van der Waals surface area contributed by atoms with E-state index < -0.39 is 72.2 Å². The Labute approximate surface area is 196 Å². The van der Waals surface area contributed by atoms with Gasteiger partial charge in [0.25, 0.3) is 0 Å². The molecule has 0 aliphatic heterocycles. The summed E-state index contributed by atoms with van der Waals surface area (Å²) in [5.41, 5.74) is 1.20. The van der Waals surface area contributed by atoms with Crippen LogP contribution in [0.4, 0.5) is 0 Å².